The smallest absolute Gasteiger partial charge is 0.306 e. The molecule has 0 saturated carbocycles. The van der Waals surface area contributed by atoms with Crippen molar-refractivity contribution in [1.82, 2.24) is 0 Å². The fourth-order valence-corrected chi connectivity index (χ4v) is 2.07. The zero-order valence-electron chi connectivity index (χ0n) is 8.53. The van der Waals surface area contributed by atoms with E-state index < -0.39 is 11.9 Å². The van der Waals surface area contributed by atoms with Gasteiger partial charge >= 0.3 is 5.97 Å². The molecule has 0 radical (unpaired) electrons. The van der Waals surface area contributed by atoms with Gasteiger partial charge in [0.1, 0.15) is 0 Å². The fraction of sp³-hybridized carbons (Fsp3) is 0.364. The number of hydrogen-bond donors (Lipinski definition) is 3. The van der Waals surface area contributed by atoms with Gasteiger partial charge < -0.3 is 16.2 Å². The van der Waals surface area contributed by atoms with Gasteiger partial charge in [-0.15, -0.1) is 0 Å². The van der Waals surface area contributed by atoms with E-state index in [4.69, 9.17) is 10.8 Å². The highest BCUT2D eigenvalue weighted by molar-refractivity contribution is 5.76. The van der Waals surface area contributed by atoms with Crippen LogP contribution in [0.5, 0.6) is 0 Å². The first-order valence-electron chi connectivity index (χ1n) is 4.96. The van der Waals surface area contributed by atoms with Crippen molar-refractivity contribution < 1.29 is 9.90 Å². The maximum atomic E-state index is 10.9. The molecule has 2 atom stereocenters. The summed E-state index contributed by atoms with van der Waals surface area (Å²) < 4.78 is 0. The second-order valence-electron chi connectivity index (χ2n) is 3.92. The standard InChI is InChI=1S/C11H14N2O2/c1-6(11(14)15)7-5-13-9-4-2-3-8(12)10(7)9/h2-4,6-7,13H,5,12H2,1H3,(H,14,15). The van der Waals surface area contributed by atoms with E-state index in [1.165, 1.54) is 0 Å². The van der Waals surface area contributed by atoms with Crippen molar-refractivity contribution in [3.8, 4) is 0 Å². The van der Waals surface area contributed by atoms with Gasteiger partial charge in [0.05, 0.1) is 5.92 Å². The summed E-state index contributed by atoms with van der Waals surface area (Å²) >= 11 is 0. The van der Waals surface area contributed by atoms with Gasteiger partial charge in [-0.25, -0.2) is 0 Å². The molecule has 4 heteroatoms. The van der Waals surface area contributed by atoms with E-state index in [9.17, 15) is 4.79 Å². The lowest BCUT2D eigenvalue weighted by Crippen LogP contribution is -2.20. The van der Waals surface area contributed by atoms with Crippen molar-refractivity contribution >= 4 is 17.3 Å². The third kappa shape index (κ3) is 1.52. The lowest BCUT2D eigenvalue weighted by Gasteiger charge is -2.16. The molecule has 2 unspecified atom stereocenters. The molecule has 80 valence electrons. The van der Waals surface area contributed by atoms with Crippen molar-refractivity contribution in [2.24, 2.45) is 5.92 Å². The van der Waals surface area contributed by atoms with E-state index in [0.717, 1.165) is 11.3 Å². The van der Waals surface area contributed by atoms with E-state index in [0.29, 0.717) is 12.2 Å². The van der Waals surface area contributed by atoms with Gasteiger partial charge in [-0.1, -0.05) is 13.0 Å². The topological polar surface area (TPSA) is 75.3 Å². The maximum absolute atomic E-state index is 10.9. The van der Waals surface area contributed by atoms with Gasteiger partial charge in [0.15, 0.2) is 0 Å². The van der Waals surface area contributed by atoms with Crippen LogP contribution < -0.4 is 11.1 Å². The average Bonchev–Trinajstić information content (AvgIpc) is 2.61. The monoisotopic (exact) mass is 206 g/mol. The van der Waals surface area contributed by atoms with Crippen LogP contribution in [0.2, 0.25) is 0 Å². The Balaban J connectivity index is 2.39. The van der Waals surface area contributed by atoms with E-state index in [2.05, 4.69) is 5.32 Å². The predicted octanol–water partition coefficient (Wildman–Crippen LogP) is 1.50. The number of anilines is 2. The number of benzene rings is 1. The van der Waals surface area contributed by atoms with Crippen molar-refractivity contribution in [3.63, 3.8) is 0 Å². The number of fused-ring (bicyclic) bond motifs is 1. The molecule has 4 nitrogen and oxygen atoms in total. The number of aliphatic carboxylic acids is 1. The zero-order chi connectivity index (χ0) is 11.0. The van der Waals surface area contributed by atoms with Crippen LogP contribution in [0.4, 0.5) is 11.4 Å². The molecule has 0 spiro atoms. The summed E-state index contributed by atoms with van der Waals surface area (Å²) in [6.45, 7) is 2.37. The quantitative estimate of drug-likeness (QED) is 0.641. The highest BCUT2D eigenvalue weighted by Crippen LogP contribution is 2.39. The molecule has 0 amide bonds. The molecule has 2 rings (SSSR count). The lowest BCUT2D eigenvalue weighted by atomic mass is 9.88. The van der Waals surface area contributed by atoms with Gasteiger partial charge in [-0.3, -0.25) is 4.79 Å². The third-order valence-corrected chi connectivity index (χ3v) is 3.02. The summed E-state index contributed by atoms with van der Waals surface area (Å²) in [5.74, 6) is -1.22. The molecular weight excluding hydrogens is 192 g/mol. The predicted molar refractivity (Wildman–Crippen MR) is 58.9 cm³/mol. The van der Waals surface area contributed by atoms with Gasteiger partial charge in [0.25, 0.3) is 0 Å². The molecule has 15 heavy (non-hydrogen) atoms. The summed E-state index contributed by atoms with van der Waals surface area (Å²) in [5.41, 5.74) is 8.46. The molecular formula is C11H14N2O2. The molecule has 1 aliphatic rings. The molecule has 1 heterocycles. The lowest BCUT2D eigenvalue weighted by molar-refractivity contribution is -0.141. The van der Waals surface area contributed by atoms with Gasteiger partial charge in [-0.05, 0) is 12.1 Å². The minimum Gasteiger partial charge on any atom is -0.481 e. The Morgan fingerprint density at radius 3 is 3.07 bits per heavy atom. The average molecular weight is 206 g/mol. The zero-order valence-corrected chi connectivity index (χ0v) is 8.53. The number of hydrogen-bond acceptors (Lipinski definition) is 3. The minimum atomic E-state index is -0.780. The minimum absolute atomic E-state index is 0.0290. The van der Waals surface area contributed by atoms with Gasteiger partial charge in [-0.2, -0.15) is 0 Å². The first-order chi connectivity index (χ1) is 7.11. The Morgan fingerprint density at radius 1 is 1.67 bits per heavy atom. The summed E-state index contributed by atoms with van der Waals surface area (Å²) in [6.07, 6.45) is 0. The summed E-state index contributed by atoms with van der Waals surface area (Å²) in [7, 11) is 0. The number of carboxylic acids is 1. The first-order valence-corrected chi connectivity index (χ1v) is 4.96. The highest BCUT2D eigenvalue weighted by atomic mass is 16.4. The van der Waals surface area contributed by atoms with Crippen LogP contribution in [0.3, 0.4) is 0 Å². The van der Waals surface area contributed by atoms with E-state index in [1.54, 1.807) is 6.92 Å². The molecule has 0 aromatic heterocycles. The molecule has 4 N–H and O–H groups in total. The first kappa shape index (κ1) is 9.83. The summed E-state index contributed by atoms with van der Waals surface area (Å²) in [6, 6.07) is 5.61. The number of nitrogens with one attached hydrogen (secondary N) is 1. The van der Waals surface area contributed by atoms with Crippen molar-refractivity contribution in [2.75, 3.05) is 17.6 Å². The number of nitrogens with two attached hydrogens (primary N) is 1. The largest absolute Gasteiger partial charge is 0.481 e. The molecule has 0 bridgehead atoms. The second kappa shape index (κ2) is 3.46. The molecule has 0 fully saturated rings. The molecule has 0 saturated heterocycles. The van der Waals surface area contributed by atoms with Crippen LogP contribution >= 0.6 is 0 Å². The van der Waals surface area contributed by atoms with Crippen LogP contribution in [-0.2, 0) is 4.79 Å². The van der Waals surface area contributed by atoms with Crippen LogP contribution in [0.15, 0.2) is 18.2 Å². The highest BCUT2D eigenvalue weighted by Gasteiger charge is 2.32. The Hall–Kier alpha value is -1.71. The summed E-state index contributed by atoms with van der Waals surface area (Å²) in [5, 5.41) is 12.2. The molecule has 1 aliphatic heterocycles. The number of rotatable bonds is 2. The van der Waals surface area contributed by atoms with Crippen molar-refractivity contribution in [1.29, 1.82) is 0 Å². The third-order valence-electron chi connectivity index (χ3n) is 3.02. The Kier molecular flexibility index (Phi) is 2.26. The molecule has 1 aromatic rings. The SMILES string of the molecule is CC(C(=O)O)C1CNc2cccc(N)c21. The van der Waals surface area contributed by atoms with Crippen LogP contribution in [0, 0.1) is 5.92 Å². The number of nitrogen functional groups attached to an aromatic ring is 1. The fourth-order valence-electron chi connectivity index (χ4n) is 2.07. The van der Waals surface area contributed by atoms with Crippen LogP contribution in [0.25, 0.3) is 0 Å². The summed E-state index contributed by atoms with van der Waals surface area (Å²) in [4.78, 5) is 10.9. The van der Waals surface area contributed by atoms with Gasteiger partial charge in [0.2, 0.25) is 0 Å². The molecule has 1 aromatic carbocycles. The number of carbonyl (C=O) groups is 1. The van der Waals surface area contributed by atoms with Crippen molar-refractivity contribution in [2.45, 2.75) is 12.8 Å². The Bertz CT molecular complexity index is 404. The van der Waals surface area contributed by atoms with Crippen molar-refractivity contribution in [3.05, 3.63) is 23.8 Å². The molecule has 0 aliphatic carbocycles. The van der Waals surface area contributed by atoms with Gasteiger partial charge in [0, 0.05) is 29.4 Å². The van der Waals surface area contributed by atoms with E-state index in [1.807, 2.05) is 18.2 Å². The maximum Gasteiger partial charge on any atom is 0.306 e. The van der Waals surface area contributed by atoms with E-state index >= 15 is 0 Å². The second-order valence-corrected chi connectivity index (χ2v) is 3.92. The number of carboxylic acid groups (broad SMARTS) is 1. The van der Waals surface area contributed by atoms with Crippen LogP contribution in [-0.4, -0.2) is 17.6 Å². The Labute approximate surface area is 88.1 Å². The van der Waals surface area contributed by atoms with E-state index in [-0.39, 0.29) is 5.92 Å². The van der Waals surface area contributed by atoms with Crippen LogP contribution in [0.1, 0.15) is 18.4 Å². The Morgan fingerprint density at radius 2 is 2.40 bits per heavy atom. The normalized spacial score (nSPS) is 20.5.